The Kier molecular flexibility index (Phi) is 8.88. The molecule has 5 nitrogen and oxygen atoms in total. The van der Waals surface area contributed by atoms with Crippen LogP contribution in [0.5, 0.6) is 23.0 Å². The summed E-state index contributed by atoms with van der Waals surface area (Å²) < 4.78 is 17.0. The van der Waals surface area contributed by atoms with Gasteiger partial charge in [0.1, 0.15) is 23.0 Å². The summed E-state index contributed by atoms with van der Waals surface area (Å²) in [7, 11) is 0. The zero-order valence-corrected chi connectivity index (χ0v) is 35.8. The summed E-state index contributed by atoms with van der Waals surface area (Å²) >= 11 is 0. The van der Waals surface area contributed by atoms with Crippen LogP contribution in [0.1, 0.15) is 0 Å². The molecule has 66 heavy (non-hydrogen) atoms. The Morgan fingerprint density at radius 2 is 0.818 bits per heavy atom. The highest BCUT2D eigenvalue weighted by atomic mass is 16.5. The van der Waals surface area contributed by atoms with Crippen LogP contribution in [0.4, 0.5) is 34.1 Å². The standard InChI is InChI=1S/C60H40BN3O2/c1-7-19-41(20-8-1)42-31-34-50-53(37-42)64(47-29-17-6-18-30-47)54-40-57-59-60(58(50)54)66-56-39-49(63(45-25-13-4-14-26-45)46-27-15-5-16-28-46)33-36-52(56)61(59)51-35-32-48(38-55(51)65-57)62(43-21-9-2-10-22-43)44-23-11-3-12-24-44/h1-40H. The zero-order chi connectivity index (χ0) is 43.6. The lowest BCUT2D eigenvalue weighted by molar-refractivity contribution is 0.468. The Morgan fingerprint density at radius 3 is 1.33 bits per heavy atom. The van der Waals surface area contributed by atoms with Crippen molar-refractivity contribution in [3.8, 4) is 39.8 Å². The van der Waals surface area contributed by atoms with E-state index in [4.69, 9.17) is 9.47 Å². The Hall–Kier alpha value is -8.74. The van der Waals surface area contributed by atoms with Gasteiger partial charge in [0, 0.05) is 68.9 Å². The number of para-hydroxylation sites is 5. The van der Waals surface area contributed by atoms with Gasteiger partial charge in [-0.2, -0.15) is 0 Å². The fraction of sp³-hybridized carbons (Fsp3) is 0. The molecule has 310 valence electrons. The third kappa shape index (κ3) is 6.18. The molecule has 0 saturated heterocycles. The molecule has 0 fully saturated rings. The summed E-state index contributed by atoms with van der Waals surface area (Å²) in [6.45, 7) is -0.169. The number of fused-ring (bicyclic) bond motifs is 8. The lowest BCUT2D eigenvalue weighted by Gasteiger charge is -2.35. The smallest absolute Gasteiger partial charge is 0.260 e. The van der Waals surface area contributed by atoms with Gasteiger partial charge in [0.2, 0.25) is 0 Å². The van der Waals surface area contributed by atoms with Gasteiger partial charge in [-0.3, -0.25) is 0 Å². The number of hydrogen-bond donors (Lipinski definition) is 0. The molecule has 2 aliphatic heterocycles. The van der Waals surface area contributed by atoms with Gasteiger partial charge in [0.05, 0.1) is 16.4 Å². The number of nitrogens with zero attached hydrogens (tertiary/aromatic N) is 3. The van der Waals surface area contributed by atoms with Crippen molar-refractivity contribution in [2.45, 2.75) is 0 Å². The first-order valence-corrected chi connectivity index (χ1v) is 22.5. The van der Waals surface area contributed by atoms with Crippen LogP contribution in [0.2, 0.25) is 0 Å². The van der Waals surface area contributed by atoms with E-state index in [1.807, 2.05) is 0 Å². The molecular weight excluding hydrogens is 805 g/mol. The van der Waals surface area contributed by atoms with Gasteiger partial charge in [-0.25, -0.2) is 0 Å². The molecule has 6 heteroatoms. The molecule has 0 radical (unpaired) electrons. The lowest BCUT2D eigenvalue weighted by atomic mass is 9.34. The maximum Gasteiger partial charge on any atom is 0.260 e. The minimum Gasteiger partial charge on any atom is -0.458 e. The van der Waals surface area contributed by atoms with E-state index in [2.05, 4.69) is 257 Å². The maximum absolute atomic E-state index is 7.44. The van der Waals surface area contributed by atoms with E-state index in [1.165, 1.54) is 5.56 Å². The van der Waals surface area contributed by atoms with Gasteiger partial charge in [-0.1, -0.05) is 146 Å². The summed E-state index contributed by atoms with van der Waals surface area (Å²) in [5.41, 5.74) is 15.0. The van der Waals surface area contributed by atoms with Gasteiger partial charge in [0.15, 0.2) is 0 Å². The molecule has 3 heterocycles. The second-order valence-corrected chi connectivity index (χ2v) is 16.9. The third-order valence-corrected chi connectivity index (χ3v) is 13.0. The van der Waals surface area contributed by atoms with Gasteiger partial charge in [0.25, 0.3) is 6.71 Å². The minimum absolute atomic E-state index is 0.169. The Labute approximate surface area is 383 Å². The molecule has 0 spiro atoms. The SMILES string of the molecule is c1ccc(-c2ccc3c4c5c6c(cc4n(-c4ccccc4)c3c2)Oc2cc(N(c3ccccc3)c3ccccc3)ccc2B6c2ccc(N(c3ccccc3)c3ccccc3)cc2O5)cc1. The van der Waals surface area contributed by atoms with Crippen LogP contribution in [0.25, 0.3) is 38.6 Å². The van der Waals surface area contributed by atoms with Crippen LogP contribution < -0.4 is 35.7 Å². The Bertz CT molecular complexity index is 3500. The Balaban J connectivity index is 1.07. The van der Waals surface area contributed by atoms with Crippen LogP contribution >= 0.6 is 0 Å². The molecule has 0 amide bonds. The topological polar surface area (TPSA) is 29.9 Å². The van der Waals surface area contributed by atoms with Crippen molar-refractivity contribution in [1.29, 1.82) is 0 Å². The molecule has 2 aliphatic rings. The van der Waals surface area contributed by atoms with E-state index in [0.29, 0.717) is 0 Å². The fourth-order valence-corrected chi connectivity index (χ4v) is 10.1. The first kappa shape index (κ1) is 37.8. The second-order valence-electron chi connectivity index (χ2n) is 16.9. The van der Waals surface area contributed by atoms with E-state index < -0.39 is 0 Å². The quantitative estimate of drug-likeness (QED) is 0.143. The molecule has 11 aromatic rings. The molecular formula is C60H40BN3O2. The maximum atomic E-state index is 7.44. The van der Waals surface area contributed by atoms with E-state index in [9.17, 15) is 0 Å². The molecule has 0 atom stereocenters. The van der Waals surface area contributed by atoms with Crippen molar-refractivity contribution in [1.82, 2.24) is 4.57 Å². The van der Waals surface area contributed by atoms with Crippen molar-refractivity contribution in [3.05, 3.63) is 243 Å². The minimum atomic E-state index is -0.169. The average molecular weight is 846 g/mol. The van der Waals surface area contributed by atoms with Crippen LogP contribution in [-0.2, 0) is 0 Å². The number of benzene rings is 10. The average Bonchev–Trinajstić information content (AvgIpc) is 3.71. The fourth-order valence-electron chi connectivity index (χ4n) is 10.1. The molecule has 0 bridgehead atoms. The van der Waals surface area contributed by atoms with Crippen molar-refractivity contribution < 1.29 is 9.47 Å². The van der Waals surface area contributed by atoms with E-state index in [1.54, 1.807) is 0 Å². The van der Waals surface area contributed by atoms with E-state index in [0.717, 1.165) is 107 Å². The highest BCUT2D eigenvalue weighted by Gasteiger charge is 2.42. The molecule has 0 aliphatic carbocycles. The van der Waals surface area contributed by atoms with Crippen molar-refractivity contribution in [2.24, 2.45) is 0 Å². The summed E-state index contributed by atoms with van der Waals surface area (Å²) in [5.74, 6) is 3.23. The first-order valence-electron chi connectivity index (χ1n) is 22.5. The summed E-state index contributed by atoms with van der Waals surface area (Å²) in [4.78, 5) is 4.58. The highest BCUT2D eigenvalue weighted by Crippen LogP contribution is 2.47. The van der Waals surface area contributed by atoms with Crippen molar-refractivity contribution in [2.75, 3.05) is 9.80 Å². The molecule has 0 saturated carbocycles. The lowest BCUT2D eigenvalue weighted by Crippen LogP contribution is -2.57. The normalized spacial score (nSPS) is 12.2. The summed E-state index contributed by atoms with van der Waals surface area (Å²) in [6.07, 6.45) is 0. The van der Waals surface area contributed by atoms with Gasteiger partial charge in [-0.15, -0.1) is 0 Å². The van der Waals surface area contributed by atoms with Crippen molar-refractivity contribution in [3.63, 3.8) is 0 Å². The number of aromatic nitrogens is 1. The monoisotopic (exact) mass is 845 g/mol. The van der Waals surface area contributed by atoms with E-state index >= 15 is 0 Å². The largest absolute Gasteiger partial charge is 0.458 e. The van der Waals surface area contributed by atoms with Crippen LogP contribution in [-0.4, -0.2) is 11.3 Å². The molecule has 10 aromatic carbocycles. The molecule has 0 unspecified atom stereocenters. The highest BCUT2D eigenvalue weighted by molar-refractivity contribution is 6.98. The number of hydrogen-bond acceptors (Lipinski definition) is 4. The number of anilines is 6. The van der Waals surface area contributed by atoms with Gasteiger partial charge < -0.3 is 23.8 Å². The van der Waals surface area contributed by atoms with Crippen LogP contribution in [0.15, 0.2) is 243 Å². The molecule has 1 aromatic heterocycles. The predicted molar refractivity (Wildman–Crippen MR) is 273 cm³/mol. The van der Waals surface area contributed by atoms with Gasteiger partial charge >= 0.3 is 0 Å². The van der Waals surface area contributed by atoms with Gasteiger partial charge in [-0.05, 0) is 101 Å². The first-order chi connectivity index (χ1) is 32.7. The number of ether oxygens (including phenoxy) is 2. The van der Waals surface area contributed by atoms with Crippen molar-refractivity contribution >= 4 is 79.0 Å². The molecule has 13 rings (SSSR count). The Morgan fingerprint density at radius 1 is 0.348 bits per heavy atom. The predicted octanol–water partition coefficient (Wildman–Crippen LogP) is 14.1. The van der Waals surface area contributed by atoms with E-state index in [-0.39, 0.29) is 6.71 Å². The summed E-state index contributed by atoms with van der Waals surface area (Å²) in [5, 5.41) is 2.17. The number of rotatable bonds is 8. The third-order valence-electron chi connectivity index (χ3n) is 13.0. The molecule has 0 N–H and O–H groups in total. The zero-order valence-electron chi connectivity index (χ0n) is 35.8. The summed E-state index contributed by atoms with van der Waals surface area (Å²) in [6, 6.07) is 85.8. The van der Waals surface area contributed by atoms with Crippen LogP contribution in [0, 0.1) is 0 Å². The van der Waals surface area contributed by atoms with Crippen LogP contribution in [0.3, 0.4) is 0 Å². The second kappa shape index (κ2) is 15.5.